The Kier molecular flexibility index (Phi) is 18.5. The number of methoxy groups -OCH3 is 1. The standard InChI is InChI=1S/C53H66O4Si2/c1-9-10-11-12-13-20-32-45(56-58(52(2,3)4,47-36-23-16-24-37-47)48-38-25-17-26-39-48)33-21-14-15-22-34-46(35-31-44-51(54)55-8)57-59(53(5,6)7,49-40-27-18-28-41-49)50-42-29-19-30-43-50/h14-19,21,23-30,33,36-43,45-46H,9-12,31-32,35,44H2,1-8H3/b15-14+,33-21+/t45-,46-/m1/s1. The van der Waals surface area contributed by atoms with Gasteiger partial charge in [-0.2, -0.15) is 0 Å². The number of hydrogen-bond acceptors (Lipinski definition) is 4. The molecule has 0 aliphatic heterocycles. The molecule has 0 aromatic heterocycles. The van der Waals surface area contributed by atoms with E-state index in [0.29, 0.717) is 25.7 Å². The zero-order valence-electron chi connectivity index (χ0n) is 36.8. The number of rotatable bonds is 18. The van der Waals surface area contributed by atoms with Gasteiger partial charge >= 0.3 is 5.97 Å². The number of ether oxygens (including phenoxy) is 1. The summed E-state index contributed by atoms with van der Waals surface area (Å²) in [7, 11) is -4.28. The third kappa shape index (κ3) is 12.9. The van der Waals surface area contributed by atoms with Crippen molar-refractivity contribution in [2.45, 2.75) is 122 Å². The molecular formula is C53H66O4Si2. The molecule has 0 amide bonds. The number of hydrogen-bond donors (Lipinski definition) is 0. The number of carbonyl (C=O) groups is 1. The summed E-state index contributed by atoms with van der Waals surface area (Å²) < 4.78 is 19.9. The number of benzene rings is 4. The number of unbranched alkanes of at least 4 members (excludes halogenated alkanes) is 3. The second-order valence-corrected chi connectivity index (χ2v) is 25.6. The van der Waals surface area contributed by atoms with Crippen LogP contribution >= 0.6 is 0 Å². The van der Waals surface area contributed by atoms with Crippen molar-refractivity contribution in [1.29, 1.82) is 0 Å². The highest BCUT2D eigenvalue weighted by atomic mass is 28.4. The average Bonchev–Trinajstić information content (AvgIpc) is 3.24. The molecular weight excluding hydrogens is 757 g/mol. The highest BCUT2D eigenvalue weighted by Crippen LogP contribution is 2.39. The van der Waals surface area contributed by atoms with Crippen molar-refractivity contribution in [3.8, 4) is 23.7 Å². The maximum Gasteiger partial charge on any atom is 0.305 e. The van der Waals surface area contributed by atoms with Gasteiger partial charge in [-0.25, -0.2) is 0 Å². The van der Waals surface area contributed by atoms with Crippen LogP contribution in [-0.2, 0) is 18.4 Å². The summed E-state index contributed by atoms with van der Waals surface area (Å²) in [6.07, 6.45) is 13.9. The number of esters is 1. The van der Waals surface area contributed by atoms with Gasteiger partial charge in [0.2, 0.25) is 0 Å². The molecule has 59 heavy (non-hydrogen) atoms. The van der Waals surface area contributed by atoms with Crippen molar-refractivity contribution in [1.82, 2.24) is 0 Å². The van der Waals surface area contributed by atoms with Crippen LogP contribution in [0.25, 0.3) is 0 Å². The molecule has 0 aliphatic rings. The average molecular weight is 823 g/mol. The minimum Gasteiger partial charge on any atom is -0.469 e. The van der Waals surface area contributed by atoms with Crippen molar-refractivity contribution in [3.05, 3.63) is 146 Å². The second kappa shape index (κ2) is 23.2. The molecule has 0 saturated carbocycles. The van der Waals surface area contributed by atoms with Crippen molar-refractivity contribution in [2.75, 3.05) is 7.11 Å². The predicted octanol–water partition coefficient (Wildman–Crippen LogP) is 10.3. The maximum absolute atomic E-state index is 12.2. The Morgan fingerprint density at radius 2 is 1.12 bits per heavy atom. The lowest BCUT2D eigenvalue weighted by atomic mass is 10.1. The van der Waals surface area contributed by atoms with Crippen LogP contribution in [0.5, 0.6) is 0 Å². The summed E-state index contributed by atoms with van der Waals surface area (Å²) in [5.41, 5.74) is 0. The van der Waals surface area contributed by atoms with Gasteiger partial charge in [0.05, 0.1) is 13.2 Å². The molecule has 0 radical (unpaired) electrons. The van der Waals surface area contributed by atoms with E-state index in [0.717, 1.165) is 12.8 Å². The summed E-state index contributed by atoms with van der Waals surface area (Å²) >= 11 is 0. The molecule has 4 aromatic rings. The third-order valence-electron chi connectivity index (χ3n) is 10.8. The normalized spacial score (nSPS) is 13.3. The first kappa shape index (κ1) is 47.0. The molecule has 0 fully saturated rings. The molecule has 6 heteroatoms. The fourth-order valence-corrected chi connectivity index (χ4v) is 17.1. The SMILES string of the molecule is CCCCCC#CC[C@H](/C=C/C=C/C#C[C@H](CCCC(=O)OC)O[Si](c1ccccc1)(c1ccccc1)C(C)(C)C)O[Si](c1ccccc1)(c1ccccc1)C(C)(C)C. The van der Waals surface area contributed by atoms with E-state index in [1.165, 1.54) is 40.7 Å². The van der Waals surface area contributed by atoms with E-state index in [1.807, 2.05) is 30.4 Å². The van der Waals surface area contributed by atoms with Crippen LogP contribution in [-0.4, -0.2) is 41.9 Å². The predicted molar refractivity (Wildman–Crippen MR) is 253 cm³/mol. The molecule has 4 nitrogen and oxygen atoms in total. The summed E-state index contributed by atoms with van der Waals surface area (Å²) in [4.78, 5) is 12.2. The van der Waals surface area contributed by atoms with Crippen LogP contribution in [0.3, 0.4) is 0 Å². The molecule has 4 aromatic carbocycles. The molecule has 0 spiro atoms. The van der Waals surface area contributed by atoms with Gasteiger partial charge in [0, 0.05) is 19.3 Å². The van der Waals surface area contributed by atoms with Crippen LogP contribution in [0.2, 0.25) is 10.1 Å². The monoisotopic (exact) mass is 822 g/mol. The number of allylic oxidation sites excluding steroid dienone is 3. The van der Waals surface area contributed by atoms with Gasteiger partial charge in [0.15, 0.2) is 0 Å². The minimum atomic E-state index is -2.89. The first-order valence-corrected chi connectivity index (χ1v) is 25.2. The van der Waals surface area contributed by atoms with Gasteiger partial charge in [-0.05, 0) is 56.2 Å². The van der Waals surface area contributed by atoms with E-state index in [9.17, 15) is 4.79 Å². The van der Waals surface area contributed by atoms with Gasteiger partial charge in [0.25, 0.3) is 16.6 Å². The van der Waals surface area contributed by atoms with Crippen LogP contribution < -0.4 is 20.7 Å². The maximum atomic E-state index is 12.2. The lowest BCUT2D eigenvalue weighted by Crippen LogP contribution is -2.67. The topological polar surface area (TPSA) is 44.8 Å². The summed E-state index contributed by atoms with van der Waals surface area (Å²) in [6, 6.07) is 42.8. The van der Waals surface area contributed by atoms with E-state index in [1.54, 1.807) is 0 Å². The van der Waals surface area contributed by atoms with Crippen LogP contribution in [0.15, 0.2) is 146 Å². The van der Waals surface area contributed by atoms with Crippen LogP contribution in [0.4, 0.5) is 0 Å². The van der Waals surface area contributed by atoms with Gasteiger partial charge in [-0.3, -0.25) is 4.79 Å². The Labute approximate surface area is 358 Å². The van der Waals surface area contributed by atoms with Gasteiger partial charge in [-0.15, -0.1) is 11.8 Å². The summed E-state index contributed by atoms with van der Waals surface area (Å²) in [5, 5.41) is 4.50. The van der Waals surface area contributed by atoms with E-state index in [2.05, 4.69) is 187 Å². The molecule has 0 bridgehead atoms. The lowest BCUT2D eigenvalue weighted by molar-refractivity contribution is -0.140. The Balaban J connectivity index is 1.71. The largest absolute Gasteiger partial charge is 0.469 e. The van der Waals surface area contributed by atoms with E-state index < -0.39 is 22.7 Å². The van der Waals surface area contributed by atoms with Crippen molar-refractivity contribution >= 4 is 43.4 Å². The van der Waals surface area contributed by atoms with Crippen molar-refractivity contribution < 1.29 is 18.4 Å². The Bertz CT molecular complexity index is 1950. The Morgan fingerprint density at radius 3 is 1.56 bits per heavy atom. The Morgan fingerprint density at radius 1 is 0.644 bits per heavy atom. The van der Waals surface area contributed by atoms with E-state index in [-0.39, 0.29) is 22.1 Å². The molecule has 310 valence electrons. The highest BCUT2D eigenvalue weighted by molar-refractivity contribution is 7.00. The molecule has 4 rings (SSSR count). The van der Waals surface area contributed by atoms with Crippen molar-refractivity contribution in [3.63, 3.8) is 0 Å². The second-order valence-electron chi connectivity index (χ2n) is 17.1. The van der Waals surface area contributed by atoms with Crippen LogP contribution in [0, 0.1) is 23.7 Å². The molecule has 0 heterocycles. The molecule has 0 saturated heterocycles. The zero-order valence-corrected chi connectivity index (χ0v) is 38.8. The highest BCUT2D eigenvalue weighted by Gasteiger charge is 2.52. The fraction of sp³-hybridized carbons (Fsp3) is 0.377. The van der Waals surface area contributed by atoms with Crippen molar-refractivity contribution in [2.24, 2.45) is 0 Å². The van der Waals surface area contributed by atoms with E-state index >= 15 is 0 Å². The van der Waals surface area contributed by atoms with Gasteiger partial charge in [-0.1, -0.05) is 213 Å². The Hall–Kier alpha value is -4.70. The van der Waals surface area contributed by atoms with Gasteiger partial charge in [0.1, 0.15) is 6.10 Å². The quantitative estimate of drug-likeness (QED) is 0.0330. The molecule has 0 N–H and O–H groups in total. The fourth-order valence-electron chi connectivity index (χ4n) is 7.82. The summed E-state index contributed by atoms with van der Waals surface area (Å²) in [5.74, 6) is 13.5. The zero-order chi connectivity index (χ0) is 42.6. The van der Waals surface area contributed by atoms with E-state index in [4.69, 9.17) is 13.6 Å². The summed E-state index contributed by atoms with van der Waals surface area (Å²) in [6.45, 7) is 15.9. The molecule has 0 unspecified atom stereocenters. The smallest absolute Gasteiger partial charge is 0.305 e. The lowest BCUT2D eigenvalue weighted by Gasteiger charge is -2.44. The first-order valence-electron chi connectivity index (χ1n) is 21.3. The van der Waals surface area contributed by atoms with Crippen LogP contribution in [0.1, 0.15) is 99.8 Å². The first-order chi connectivity index (χ1) is 28.4. The van der Waals surface area contributed by atoms with Gasteiger partial charge < -0.3 is 13.6 Å². The number of carbonyl (C=O) groups excluding carboxylic acids is 1. The molecule has 2 atom stereocenters. The minimum absolute atomic E-state index is 0.161. The third-order valence-corrected chi connectivity index (χ3v) is 20.9. The molecule has 0 aliphatic carbocycles.